The van der Waals surface area contributed by atoms with Crippen molar-refractivity contribution in [2.45, 2.75) is 118 Å². The van der Waals surface area contributed by atoms with E-state index >= 15 is 0 Å². The Labute approximate surface area is 394 Å². The molecule has 0 unspecified atom stereocenters. The Bertz CT molecular complexity index is 2540. The number of aliphatic hydroxyl groups is 2. The number of fused-ring (bicyclic) bond motifs is 6. The van der Waals surface area contributed by atoms with E-state index in [2.05, 4.69) is 4.90 Å². The van der Waals surface area contributed by atoms with E-state index in [0.717, 1.165) is 0 Å². The first-order valence-corrected chi connectivity index (χ1v) is 23.7. The van der Waals surface area contributed by atoms with Gasteiger partial charge in [0.15, 0.2) is 36.2 Å². The summed E-state index contributed by atoms with van der Waals surface area (Å²) < 4.78 is 32.1. The number of hydrogen-bond acceptors (Lipinski definition) is 18. The summed E-state index contributed by atoms with van der Waals surface area (Å²) in [4.78, 5) is 70.4. The number of phenols is 2. The van der Waals surface area contributed by atoms with Crippen molar-refractivity contribution in [3.63, 3.8) is 0 Å². The number of carboxylic acid groups (broad SMARTS) is 1. The van der Waals surface area contributed by atoms with Crippen LogP contribution in [0.5, 0.6) is 29.0 Å². The number of hydrogen-bond donors (Lipinski definition) is 7. The minimum absolute atomic E-state index is 0.0729. The van der Waals surface area contributed by atoms with E-state index < -0.39 is 108 Å². The summed E-state index contributed by atoms with van der Waals surface area (Å²) in [6.45, 7) is 1.70. The van der Waals surface area contributed by atoms with Gasteiger partial charge in [0, 0.05) is 87.0 Å². The lowest BCUT2D eigenvalue weighted by molar-refractivity contribution is -0.248. The Morgan fingerprint density at radius 1 is 0.956 bits per heavy atom. The highest BCUT2D eigenvalue weighted by Gasteiger charge is 2.56. The van der Waals surface area contributed by atoms with Crippen molar-refractivity contribution in [3.05, 3.63) is 57.6 Å². The number of aromatic hydroxyl groups is 4. The summed E-state index contributed by atoms with van der Waals surface area (Å²) in [6.07, 6.45) is -3.65. The fraction of sp³-hybridized carbons (Fsp3) is 0.553. The molecule has 4 heterocycles. The van der Waals surface area contributed by atoms with Gasteiger partial charge in [-0.05, 0) is 44.6 Å². The van der Waals surface area contributed by atoms with Gasteiger partial charge in [0.25, 0.3) is 0 Å². The smallest absolute Gasteiger partial charge is 0.306 e. The van der Waals surface area contributed by atoms with E-state index in [1.54, 1.807) is 11.8 Å². The van der Waals surface area contributed by atoms with Crippen molar-refractivity contribution >= 4 is 41.0 Å². The summed E-state index contributed by atoms with van der Waals surface area (Å²) in [7, 11) is 2.80. The predicted octanol–water partition coefficient (Wildman–Crippen LogP) is 2.81. The number of ether oxygens (including phenoxy) is 5. The molecule has 7 N–H and O–H groups in total. The van der Waals surface area contributed by atoms with Crippen LogP contribution in [0.25, 0.3) is 0 Å². The second-order valence-electron chi connectivity index (χ2n) is 18.5. The van der Waals surface area contributed by atoms with Crippen LogP contribution in [0.4, 0.5) is 0 Å². The Kier molecular flexibility index (Phi) is 13.1. The highest BCUT2D eigenvalue weighted by molar-refractivity contribution is 7.99. The number of phenolic OH excluding ortho intramolecular Hbond substituents is 2. The van der Waals surface area contributed by atoms with Crippen molar-refractivity contribution in [1.29, 1.82) is 0 Å². The van der Waals surface area contributed by atoms with Crippen molar-refractivity contribution < 1.29 is 83.4 Å². The molecule has 3 aromatic rings. The first-order chi connectivity index (χ1) is 32.5. The molecule has 8 atom stereocenters. The normalized spacial score (nSPS) is 30.0. The molecule has 20 nitrogen and oxygen atoms in total. The van der Waals surface area contributed by atoms with E-state index in [4.69, 9.17) is 23.7 Å². The first kappa shape index (κ1) is 47.8. The molecule has 0 radical (unpaired) electrons. The molecular weight excluding hydrogens is 911 g/mol. The van der Waals surface area contributed by atoms with Crippen molar-refractivity contribution in [1.82, 2.24) is 14.4 Å². The Morgan fingerprint density at radius 2 is 1.69 bits per heavy atom. The number of aliphatic carboxylic acids is 1. The van der Waals surface area contributed by atoms with Gasteiger partial charge in [-0.25, -0.2) is 0 Å². The lowest BCUT2D eigenvalue weighted by Gasteiger charge is -2.45. The number of benzene rings is 2. The fourth-order valence-electron chi connectivity index (χ4n) is 11.2. The largest absolute Gasteiger partial charge is 0.507 e. The average Bonchev–Trinajstić information content (AvgIpc) is 3.83. The van der Waals surface area contributed by atoms with Crippen LogP contribution in [0, 0.1) is 11.8 Å². The van der Waals surface area contributed by atoms with Crippen LogP contribution < -0.4 is 4.74 Å². The summed E-state index contributed by atoms with van der Waals surface area (Å²) in [5, 5.41) is 76.3. The number of methoxy groups -OCH3 is 2. The number of aromatic nitrogens is 1. The minimum atomic E-state index is -2.32. The second kappa shape index (κ2) is 18.6. The molecule has 1 saturated carbocycles. The number of carboxylic acids is 1. The van der Waals surface area contributed by atoms with E-state index in [1.165, 1.54) is 54.8 Å². The number of aliphatic hydroxyl groups excluding tert-OH is 1. The number of Topliss-reactive ketones (excluding diaryl/α,β-unsaturated/α-hetero) is 1. The molecule has 2 aromatic carbocycles. The molecule has 68 heavy (non-hydrogen) atoms. The number of carbonyl (C=O) groups is 5. The van der Waals surface area contributed by atoms with Gasteiger partial charge in [0.2, 0.25) is 17.6 Å². The third-order valence-electron chi connectivity index (χ3n) is 14.7. The van der Waals surface area contributed by atoms with Crippen molar-refractivity contribution in [2.75, 3.05) is 39.7 Å². The topological polar surface area (TPSA) is 285 Å². The molecule has 9 rings (SSSR count). The van der Waals surface area contributed by atoms with Crippen LogP contribution in [-0.2, 0) is 46.3 Å². The van der Waals surface area contributed by atoms with Crippen LogP contribution in [0.2, 0.25) is 0 Å². The van der Waals surface area contributed by atoms with Gasteiger partial charge in [-0.1, -0.05) is 12.1 Å². The van der Waals surface area contributed by atoms with Gasteiger partial charge < -0.3 is 64.3 Å². The maximum absolute atomic E-state index is 14.1. The molecule has 21 heteroatoms. The lowest BCUT2D eigenvalue weighted by Crippen LogP contribution is -2.62. The van der Waals surface area contributed by atoms with Crippen molar-refractivity contribution in [3.8, 4) is 29.0 Å². The summed E-state index contributed by atoms with van der Waals surface area (Å²) in [5.41, 5.74) is -3.82. The molecular formula is C47H55N3O17S. The third-order valence-corrected chi connectivity index (χ3v) is 15.7. The highest BCUT2D eigenvalue weighted by Crippen LogP contribution is 2.53. The predicted molar refractivity (Wildman–Crippen MR) is 236 cm³/mol. The molecule has 1 aromatic heterocycles. The Morgan fingerprint density at radius 3 is 2.38 bits per heavy atom. The quantitative estimate of drug-likeness (QED) is 0.0749. The summed E-state index contributed by atoms with van der Waals surface area (Å²) >= 11 is 1.22. The van der Waals surface area contributed by atoms with Crippen LogP contribution in [0.15, 0.2) is 29.2 Å². The Balaban J connectivity index is 0.889. The minimum Gasteiger partial charge on any atom is -0.507 e. The summed E-state index contributed by atoms with van der Waals surface area (Å²) in [5.74, 6) is -5.14. The number of piperazine rings is 1. The number of nitrogens with zero attached hydrogens (tertiary/aromatic N) is 3. The SMILES string of the molecule is COc1cccc2c1C(=O)c1c(O)c3c(c(O)c1C2=O)C[C@@](O)(C(=O)CO)C[C@@H]3O[C@H]1C[C@H]2[C@H](O[C@@H]3[C@@H](OC)N(C(=O)CCSc4cc(O)n(CC5CCC(C(=O)O)CC5)c4O)CCN32)[C@H](C)O1. The van der Waals surface area contributed by atoms with E-state index in [-0.39, 0.29) is 88.7 Å². The van der Waals surface area contributed by atoms with E-state index in [1.807, 2.05) is 0 Å². The highest BCUT2D eigenvalue weighted by atomic mass is 32.2. The van der Waals surface area contributed by atoms with Crippen LogP contribution >= 0.6 is 11.8 Å². The van der Waals surface area contributed by atoms with Gasteiger partial charge in [-0.15, -0.1) is 11.8 Å². The molecule has 1 amide bonds. The maximum Gasteiger partial charge on any atom is 0.306 e. The van der Waals surface area contributed by atoms with Crippen LogP contribution in [-0.4, -0.2) is 162 Å². The maximum atomic E-state index is 14.1. The zero-order chi connectivity index (χ0) is 48.5. The van der Waals surface area contributed by atoms with Crippen molar-refractivity contribution in [2.24, 2.45) is 11.8 Å². The lowest BCUT2D eigenvalue weighted by atomic mass is 9.72. The second-order valence-corrected chi connectivity index (χ2v) is 19.6. The number of amides is 1. The fourth-order valence-corrected chi connectivity index (χ4v) is 12.1. The molecule has 0 spiro atoms. The monoisotopic (exact) mass is 965 g/mol. The number of ketones is 3. The number of thioether (sulfide) groups is 1. The molecule has 3 aliphatic carbocycles. The molecule has 366 valence electrons. The molecule has 6 aliphatic rings. The number of rotatable bonds is 13. The first-order valence-electron chi connectivity index (χ1n) is 22.7. The van der Waals surface area contributed by atoms with Gasteiger partial charge in [-0.2, -0.15) is 0 Å². The Hall–Kier alpha value is -5.26. The molecule has 3 saturated heterocycles. The number of carbonyl (C=O) groups excluding carboxylic acids is 4. The third kappa shape index (κ3) is 8.09. The van der Waals surface area contributed by atoms with Gasteiger partial charge >= 0.3 is 5.97 Å². The zero-order valence-electron chi connectivity index (χ0n) is 37.7. The van der Waals surface area contributed by atoms with E-state index in [0.29, 0.717) is 43.7 Å². The molecule has 4 fully saturated rings. The zero-order valence-corrected chi connectivity index (χ0v) is 38.5. The van der Waals surface area contributed by atoms with Gasteiger partial charge in [-0.3, -0.25) is 33.4 Å². The van der Waals surface area contributed by atoms with Crippen LogP contribution in [0.3, 0.4) is 0 Å². The molecule has 3 aliphatic heterocycles. The van der Waals surface area contributed by atoms with E-state index in [9.17, 15) is 59.7 Å². The standard InChI is InChI=1S/C47H55N3O17S/c1-21-42-26(48-12-13-49(44(64-3)45(48)67-42)31(53)11-14-68-29-16-32(54)50(43(29)59)19-22-7-9-23(10-8-22)46(60)61)15-33(65-21)66-28-18-47(62,30(52)20-51)17-25-35(28)41(58)37-36(39(25)56)38(55)24-5-4-6-27(63-2)34(24)40(37)57/h4-6,16,21-23,26,28,33,42,44-45,51,54,56,58-59,62H,7-15,17-20H2,1-3H3,(H,60,61)/t21-,22?,23?,26-,28-,33-,42+,44+,45+,47-/m0/s1. The van der Waals surface area contributed by atoms with Crippen LogP contribution in [0.1, 0.15) is 101 Å². The van der Waals surface area contributed by atoms with Gasteiger partial charge in [0.1, 0.15) is 35.6 Å². The average molecular weight is 966 g/mol. The summed E-state index contributed by atoms with van der Waals surface area (Å²) in [6, 6.07) is 5.47. The van der Waals surface area contributed by atoms with Gasteiger partial charge in [0.05, 0.1) is 46.8 Å². The molecule has 0 bridgehead atoms.